The number of imidazole rings is 1. The molecule has 5 nitrogen and oxygen atoms in total. The summed E-state index contributed by atoms with van der Waals surface area (Å²) in [7, 11) is 0. The lowest BCUT2D eigenvalue weighted by Gasteiger charge is -2.08. The van der Waals surface area contributed by atoms with Crippen molar-refractivity contribution in [1.29, 1.82) is 0 Å². The van der Waals surface area contributed by atoms with Crippen molar-refractivity contribution in [3.63, 3.8) is 0 Å². The summed E-state index contributed by atoms with van der Waals surface area (Å²) in [6, 6.07) is 21.2. The van der Waals surface area contributed by atoms with Gasteiger partial charge in [-0.15, -0.1) is 0 Å². The van der Waals surface area contributed by atoms with Crippen LogP contribution in [0.3, 0.4) is 0 Å². The number of aromatic hydroxyl groups is 1. The molecular weight excluding hydrogens is 372 g/mol. The number of pyridine rings is 3. The number of aromatic nitrogens is 4. The molecule has 5 aromatic rings. The maximum absolute atomic E-state index is 9.60. The third kappa shape index (κ3) is 3.10. The molecule has 1 aromatic carbocycles. The van der Waals surface area contributed by atoms with Gasteiger partial charge in [-0.05, 0) is 74.0 Å². The zero-order chi connectivity index (χ0) is 20.7. The number of rotatable bonds is 3. The molecule has 5 rings (SSSR count). The summed E-state index contributed by atoms with van der Waals surface area (Å²) in [6.07, 6.45) is 3.84. The van der Waals surface area contributed by atoms with Crippen LogP contribution in [0.5, 0.6) is 5.75 Å². The first-order valence-corrected chi connectivity index (χ1v) is 9.78. The van der Waals surface area contributed by atoms with Crippen LogP contribution in [0.25, 0.3) is 39.5 Å². The predicted molar refractivity (Wildman–Crippen MR) is 118 cm³/mol. The van der Waals surface area contributed by atoms with Gasteiger partial charge in [-0.3, -0.25) is 14.4 Å². The molecule has 5 heteroatoms. The molecule has 0 saturated carbocycles. The van der Waals surface area contributed by atoms with Crippen LogP contribution in [0, 0.1) is 13.8 Å². The molecule has 4 aromatic heterocycles. The lowest BCUT2D eigenvalue weighted by atomic mass is 10.0. The van der Waals surface area contributed by atoms with Crippen LogP contribution >= 0.6 is 0 Å². The van der Waals surface area contributed by atoms with Gasteiger partial charge in [0.25, 0.3) is 0 Å². The molecule has 0 saturated heterocycles. The topological polar surface area (TPSA) is 63.3 Å². The van der Waals surface area contributed by atoms with Crippen molar-refractivity contribution in [3.8, 4) is 39.7 Å². The molecule has 30 heavy (non-hydrogen) atoms. The van der Waals surface area contributed by atoms with E-state index in [1.54, 1.807) is 18.3 Å². The molecule has 0 unspecified atom stereocenters. The van der Waals surface area contributed by atoms with Crippen LogP contribution in [0.1, 0.15) is 11.3 Å². The highest BCUT2D eigenvalue weighted by Crippen LogP contribution is 2.34. The fourth-order valence-corrected chi connectivity index (χ4v) is 3.70. The smallest absolute Gasteiger partial charge is 0.140 e. The molecule has 0 amide bonds. The van der Waals surface area contributed by atoms with Crippen LogP contribution in [0.15, 0.2) is 79.1 Å². The highest BCUT2D eigenvalue weighted by molar-refractivity contribution is 5.82. The van der Waals surface area contributed by atoms with Crippen molar-refractivity contribution >= 4 is 5.65 Å². The van der Waals surface area contributed by atoms with E-state index in [0.717, 1.165) is 50.8 Å². The molecule has 146 valence electrons. The van der Waals surface area contributed by atoms with Gasteiger partial charge in [-0.1, -0.05) is 12.1 Å². The van der Waals surface area contributed by atoms with Gasteiger partial charge in [0, 0.05) is 29.2 Å². The highest BCUT2D eigenvalue weighted by Gasteiger charge is 2.18. The predicted octanol–water partition coefficient (Wildman–Crippen LogP) is 5.45. The molecule has 1 N–H and O–H groups in total. The summed E-state index contributed by atoms with van der Waals surface area (Å²) in [5, 5.41) is 9.60. The third-order valence-electron chi connectivity index (χ3n) is 5.17. The van der Waals surface area contributed by atoms with Gasteiger partial charge in [-0.25, -0.2) is 4.98 Å². The first-order valence-electron chi connectivity index (χ1n) is 9.78. The van der Waals surface area contributed by atoms with E-state index in [9.17, 15) is 5.11 Å². The molecule has 0 atom stereocenters. The number of fused-ring (bicyclic) bond motifs is 1. The number of phenols is 1. The van der Waals surface area contributed by atoms with Gasteiger partial charge < -0.3 is 5.11 Å². The minimum Gasteiger partial charge on any atom is -0.508 e. The van der Waals surface area contributed by atoms with E-state index in [2.05, 4.69) is 28.4 Å². The Kier molecular flexibility index (Phi) is 4.29. The summed E-state index contributed by atoms with van der Waals surface area (Å²) < 4.78 is 2.12. The second-order valence-corrected chi connectivity index (χ2v) is 7.33. The normalized spacial score (nSPS) is 11.1. The Labute approximate surface area is 174 Å². The average molecular weight is 392 g/mol. The Morgan fingerprint density at radius 2 is 1.63 bits per heavy atom. The van der Waals surface area contributed by atoms with E-state index in [1.165, 1.54) is 0 Å². The Bertz CT molecular complexity index is 1370. The fourth-order valence-electron chi connectivity index (χ4n) is 3.70. The van der Waals surface area contributed by atoms with Crippen molar-refractivity contribution in [3.05, 3.63) is 90.4 Å². The molecule has 0 aliphatic carbocycles. The number of benzene rings is 1. The summed E-state index contributed by atoms with van der Waals surface area (Å²) in [6.45, 7) is 4.05. The van der Waals surface area contributed by atoms with Crippen LogP contribution in [0.2, 0.25) is 0 Å². The van der Waals surface area contributed by atoms with Gasteiger partial charge in [0.2, 0.25) is 0 Å². The quantitative estimate of drug-likeness (QED) is 0.444. The van der Waals surface area contributed by atoms with Crippen LogP contribution in [0.4, 0.5) is 0 Å². The van der Waals surface area contributed by atoms with E-state index < -0.39 is 0 Å². The molecule has 0 radical (unpaired) electrons. The van der Waals surface area contributed by atoms with Crippen molar-refractivity contribution < 1.29 is 5.11 Å². The van der Waals surface area contributed by atoms with Crippen molar-refractivity contribution in [2.75, 3.05) is 0 Å². The Morgan fingerprint density at radius 3 is 2.43 bits per heavy atom. The number of hydrogen-bond acceptors (Lipinski definition) is 4. The minimum atomic E-state index is 0.236. The molecule has 0 aliphatic heterocycles. The van der Waals surface area contributed by atoms with Crippen molar-refractivity contribution in [2.45, 2.75) is 13.8 Å². The molecule has 0 spiro atoms. The standard InChI is InChI=1S/C25H20N4O/c1-16-5-4-14-29-24(23(28-25(16)29)21-7-3-6-17(2)27-21)19-12-13-26-22(15-19)18-8-10-20(30)11-9-18/h3-15,30H,1-2H3. The van der Waals surface area contributed by atoms with E-state index >= 15 is 0 Å². The van der Waals surface area contributed by atoms with Gasteiger partial charge >= 0.3 is 0 Å². The van der Waals surface area contributed by atoms with Crippen LogP contribution in [-0.4, -0.2) is 24.5 Å². The van der Waals surface area contributed by atoms with Gasteiger partial charge in [0.05, 0.1) is 17.1 Å². The summed E-state index contributed by atoms with van der Waals surface area (Å²) in [5.74, 6) is 0.236. The summed E-state index contributed by atoms with van der Waals surface area (Å²) in [5.41, 5.74) is 8.41. The van der Waals surface area contributed by atoms with Gasteiger partial charge in [0.15, 0.2) is 0 Å². The molecule has 0 bridgehead atoms. The number of aryl methyl sites for hydroxylation is 2. The minimum absolute atomic E-state index is 0.236. The Hall–Kier alpha value is -3.99. The number of hydrogen-bond donors (Lipinski definition) is 1. The van der Waals surface area contributed by atoms with Crippen molar-refractivity contribution in [1.82, 2.24) is 19.4 Å². The highest BCUT2D eigenvalue weighted by atomic mass is 16.3. The largest absolute Gasteiger partial charge is 0.508 e. The second kappa shape index (κ2) is 7.12. The van der Waals surface area contributed by atoms with Crippen LogP contribution in [-0.2, 0) is 0 Å². The summed E-state index contributed by atoms with van der Waals surface area (Å²) >= 11 is 0. The monoisotopic (exact) mass is 392 g/mol. The number of nitrogens with zero attached hydrogens (tertiary/aromatic N) is 4. The van der Waals surface area contributed by atoms with E-state index in [-0.39, 0.29) is 5.75 Å². The lowest BCUT2D eigenvalue weighted by Crippen LogP contribution is -1.93. The SMILES string of the molecule is Cc1cccc(-c2nc3c(C)cccn3c2-c2ccnc(-c3ccc(O)cc3)c2)n1. The van der Waals surface area contributed by atoms with E-state index in [0.29, 0.717) is 0 Å². The van der Waals surface area contributed by atoms with E-state index in [4.69, 9.17) is 9.97 Å². The van der Waals surface area contributed by atoms with Crippen molar-refractivity contribution in [2.24, 2.45) is 0 Å². The summed E-state index contributed by atoms with van der Waals surface area (Å²) in [4.78, 5) is 14.2. The third-order valence-corrected chi connectivity index (χ3v) is 5.17. The average Bonchev–Trinajstić information content (AvgIpc) is 3.15. The van der Waals surface area contributed by atoms with Gasteiger partial charge in [-0.2, -0.15) is 0 Å². The van der Waals surface area contributed by atoms with E-state index in [1.807, 2.05) is 55.6 Å². The van der Waals surface area contributed by atoms with Crippen LogP contribution < -0.4 is 0 Å². The zero-order valence-corrected chi connectivity index (χ0v) is 16.7. The maximum Gasteiger partial charge on any atom is 0.140 e. The first kappa shape index (κ1) is 18.1. The molecule has 4 heterocycles. The maximum atomic E-state index is 9.60. The second-order valence-electron chi connectivity index (χ2n) is 7.33. The fraction of sp³-hybridized carbons (Fsp3) is 0.0800. The molecular formula is C25H20N4O. The van der Waals surface area contributed by atoms with Gasteiger partial charge in [0.1, 0.15) is 17.1 Å². The first-order chi connectivity index (χ1) is 14.6. The lowest BCUT2D eigenvalue weighted by molar-refractivity contribution is 0.475. The zero-order valence-electron chi connectivity index (χ0n) is 16.7. The molecule has 0 fully saturated rings. The Balaban J connectivity index is 1.76. The Morgan fingerprint density at radius 1 is 0.800 bits per heavy atom. The number of phenolic OH excluding ortho intramolecular Hbond substituents is 1. The molecule has 0 aliphatic rings.